The second kappa shape index (κ2) is 8.28. The monoisotopic (exact) mass is 438 g/mol. The third-order valence-electron chi connectivity index (χ3n) is 4.43. The van der Waals surface area contributed by atoms with Gasteiger partial charge in [0.15, 0.2) is 5.69 Å². The van der Waals surface area contributed by atoms with Crippen molar-refractivity contribution >= 4 is 39.9 Å². The molecule has 2 aromatic carbocycles. The van der Waals surface area contributed by atoms with Crippen LogP contribution in [0.1, 0.15) is 10.5 Å². The van der Waals surface area contributed by atoms with Crippen molar-refractivity contribution in [3.8, 4) is 5.69 Å². The number of aromatic amines is 2. The molecule has 0 unspecified atom stereocenters. The maximum atomic E-state index is 12.3. The van der Waals surface area contributed by atoms with Gasteiger partial charge in [-0.25, -0.2) is 4.68 Å². The van der Waals surface area contributed by atoms with Crippen LogP contribution in [-0.2, 0) is 4.79 Å². The topological polar surface area (TPSA) is 142 Å². The van der Waals surface area contributed by atoms with Crippen molar-refractivity contribution < 1.29 is 9.59 Å². The summed E-state index contributed by atoms with van der Waals surface area (Å²) in [5, 5.41) is 14.2. The van der Waals surface area contributed by atoms with Crippen LogP contribution >= 0.6 is 11.6 Å². The van der Waals surface area contributed by atoms with E-state index in [0.717, 1.165) is 0 Å². The number of nitrogens with zero attached hydrogens (tertiary/aromatic N) is 2. The Balaban J connectivity index is 1.44. The van der Waals surface area contributed by atoms with Crippen LogP contribution in [0, 0.1) is 0 Å². The number of hydrogen-bond acceptors (Lipinski definition) is 5. The number of benzene rings is 2. The first-order valence-electron chi connectivity index (χ1n) is 9.06. The molecule has 0 aliphatic carbocycles. The number of anilines is 1. The fourth-order valence-electron chi connectivity index (χ4n) is 3.00. The van der Waals surface area contributed by atoms with Gasteiger partial charge in [0.05, 0.1) is 33.7 Å². The van der Waals surface area contributed by atoms with Crippen molar-refractivity contribution in [3.63, 3.8) is 0 Å². The maximum Gasteiger partial charge on any atom is 0.272 e. The molecule has 2 aromatic heterocycles. The first-order chi connectivity index (χ1) is 14.9. The highest BCUT2D eigenvalue weighted by atomic mass is 35.5. The molecule has 0 aliphatic rings. The molecule has 0 saturated carbocycles. The minimum atomic E-state index is -0.578. The van der Waals surface area contributed by atoms with Crippen LogP contribution in [0.3, 0.4) is 0 Å². The molecular weight excluding hydrogens is 424 g/mol. The molecule has 0 atom stereocenters. The van der Waals surface area contributed by atoms with Crippen LogP contribution < -0.4 is 21.8 Å². The lowest BCUT2D eigenvalue weighted by molar-refractivity contribution is -0.115. The summed E-state index contributed by atoms with van der Waals surface area (Å²) in [4.78, 5) is 48.5. The molecule has 31 heavy (non-hydrogen) atoms. The number of halogens is 1. The van der Waals surface area contributed by atoms with Crippen molar-refractivity contribution in [2.24, 2.45) is 0 Å². The van der Waals surface area contributed by atoms with Crippen molar-refractivity contribution in [3.05, 3.63) is 86.2 Å². The Bertz CT molecular complexity index is 1420. The zero-order valence-corrected chi connectivity index (χ0v) is 16.6. The summed E-state index contributed by atoms with van der Waals surface area (Å²) in [6.07, 6.45) is 1.58. The van der Waals surface area contributed by atoms with Crippen LogP contribution in [0.2, 0.25) is 5.02 Å². The first kappa shape index (κ1) is 20.1. The van der Waals surface area contributed by atoms with Gasteiger partial charge in [-0.2, -0.15) is 5.10 Å². The number of amides is 2. The largest absolute Gasteiger partial charge is 0.342 e. The summed E-state index contributed by atoms with van der Waals surface area (Å²) in [6, 6.07) is 13.0. The Hall–Kier alpha value is -4.18. The first-order valence-corrected chi connectivity index (χ1v) is 9.44. The molecule has 10 nitrogen and oxygen atoms in total. The Labute approximate surface area is 178 Å². The highest BCUT2D eigenvalue weighted by molar-refractivity contribution is 6.32. The number of nitrogens with one attached hydrogen (secondary N) is 4. The zero-order valence-electron chi connectivity index (χ0n) is 15.8. The molecule has 0 aliphatic heterocycles. The number of H-pyrrole nitrogens is 2. The standard InChI is InChI=1S/C20H15ClN6O4/c21-12-5-1-2-7-15(12)27-9-8-14(26-27)19(30)22-10-16(28)23-13-6-3-4-11-17(13)20(31)25-24-18(11)29/h1-9H,10H2,(H,22,30)(H,23,28)(H,24,29)(H,25,31). The molecule has 0 bridgehead atoms. The van der Waals surface area contributed by atoms with E-state index in [4.69, 9.17) is 11.6 Å². The Morgan fingerprint density at radius 2 is 1.77 bits per heavy atom. The Kier molecular flexibility index (Phi) is 5.37. The summed E-state index contributed by atoms with van der Waals surface area (Å²) in [5.41, 5.74) is -0.183. The summed E-state index contributed by atoms with van der Waals surface area (Å²) in [7, 11) is 0. The molecule has 4 N–H and O–H groups in total. The Morgan fingerprint density at radius 1 is 1.00 bits per heavy atom. The van der Waals surface area contributed by atoms with Crippen molar-refractivity contribution in [2.75, 3.05) is 11.9 Å². The van der Waals surface area contributed by atoms with Crippen LogP contribution in [0.5, 0.6) is 0 Å². The highest BCUT2D eigenvalue weighted by Crippen LogP contribution is 2.19. The molecule has 0 fully saturated rings. The Morgan fingerprint density at radius 3 is 2.58 bits per heavy atom. The summed E-state index contributed by atoms with van der Waals surface area (Å²) >= 11 is 6.13. The average Bonchev–Trinajstić information content (AvgIpc) is 3.25. The third-order valence-corrected chi connectivity index (χ3v) is 4.75. The maximum absolute atomic E-state index is 12.3. The third kappa shape index (κ3) is 4.09. The van der Waals surface area contributed by atoms with Gasteiger partial charge in [0.25, 0.3) is 17.0 Å². The lowest BCUT2D eigenvalue weighted by atomic mass is 10.1. The van der Waals surface area contributed by atoms with E-state index in [-0.39, 0.29) is 28.7 Å². The van der Waals surface area contributed by atoms with Crippen LogP contribution in [-0.4, -0.2) is 38.3 Å². The van der Waals surface area contributed by atoms with Crippen LogP contribution in [0.25, 0.3) is 16.5 Å². The molecule has 4 aromatic rings. The van der Waals surface area contributed by atoms with E-state index in [0.29, 0.717) is 10.7 Å². The predicted molar refractivity (Wildman–Crippen MR) is 115 cm³/mol. The number of fused-ring (bicyclic) bond motifs is 1. The lowest BCUT2D eigenvalue weighted by Crippen LogP contribution is -2.33. The van der Waals surface area contributed by atoms with Crippen molar-refractivity contribution in [2.45, 2.75) is 0 Å². The van der Waals surface area contributed by atoms with Gasteiger partial charge >= 0.3 is 0 Å². The number of rotatable bonds is 5. The van der Waals surface area contributed by atoms with Gasteiger partial charge < -0.3 is 10.6 Å². The molecule has 2 heterocycles. The molecule has 4 rings (SSSR count). The van der Waals surface area contributed by atoms with E-state index in [2.05, 4.69) is 25.9 Å². The summed E-state index contributed by atoms with van der Waals surface area (Å²) in [6.45, 7) is -0.366. The van der Waals surface area contributed by atoms with Crippen LogP contribution in [0.4, 0.5) is 5.69 Å². The predicted octanol–water partition coefficient (Wildman–Crippen LogP) is 1.42. The molecule has 0 saturated heterocycles. The minimum Gasteiger partial charge on any atom is -0.342 e. The minimum absolute atomic E-state index is 0.0457. The fraction of sp³-hybridized carbons (Fsp3) is 0.0500. The van der Waals surface area contributed by atoms with Gasteiger partial charge in [-0.15, -0.1) is 0 Å². The number of aromatic nitrogens is 4. The van der Waals surface area contributed by atoms with E-state index in [1.807, 2.05) is 0 Å². The van der Waals surface area contributed by atoms with E-state index < -0.39 is 22.9 Å². The van der Waals surface area contributed by atoms with E-state index in [1.165, 1.54) is 28.9 Å². The number of carbonyl (C=O) groups excluding carboxylic acids is 2. The smallest absolute Gasteiger partial charge is 0.272 e. The fourth-order valence-corrected chi connectivity index (χ4v) is 3.22. The second-order valence-electron chi connectivity index (χ2n) is 6.46. The quantitative estimate of drug-likeness (QED) is 0.373. The molecule has 2 amide bonds. The van der Waals surface area contributed by atoms with Gasteiger partial charge in [-0.3, -0.25) is 29.4 Å². The van der Waals surface area contributed by atoms with Gasteiger partial charge in [0, 0.05) is 6.20 Å². The number of para-hydroxylation sites is 1. The summed E-state index contributed by atoms with van der Waals surface area (Å²) in [5.74, 6) is -1.14. The van der Waals surface area contributed by atoms with E-state index in [9.17, 15) is 19.2 Å². The average molecular weight is 439 g/mol. The highest BCUT2D eigenvalue weighted by Gasteiger charge is 2.14. The van der Waals surface area contributed by atoms with Gasteiger partial charge in [-0.05, 0) is 30.3 Å². The number of carbonyl (C=O) groups is 2. The molecule has 0 radical (unpaired) electrons. The van der Waals surface area contributed by atoms with Gasteiger partial charge in [0.2, 0.25) is 5.91 Å². The normalized spacial score (nSPS) is 10.7. The zero-order chi connectivity index (χ0) is 22.0. The van der Waals surface area contributed by atoms with Crippen LogP contribution in [0.15, 0.2) is 64.3 Å². The van der Waals surface area contributed by atoms with Gasteiger partial charge in [-0.1, -0.05) is 29.8 Å². The van der Waals surface area contributed by atoms with Gasteiger partial charge in [0.1, 0.15) is 0 Å². The van der Waals surface area contributed by atoms with Crippen molar-refractivity contribution in [1.29, 1.82) is 0 Å². The lowest BCUT2D eigenvalue weighted by Gasteiger charge is -2.08. The summed E-state index contributed by atoms with van der Waals surface area (Å²) < 4.78 is 1.46. The second-order valence-corrected chi connectivity index (χ2v) is 6.87. The SMILES string of the molecule is O=C(CNC(=O)c1ccn(-c2ccccc2Cl)n1)Nc1cccc2c(=O)[nH][nH]c(=O)c12. The molecule has 156 valence electrons. The molecule has 11 heteroatoms. The van der Waals surface area contributed by atoms with E-state index >= 15 is 0 Å². The van der Waals surface area contributed by atoms with E-state index in [1.54, 1.807) is 30.5 Å². The molecule has 0 spiro atoms. The molecular formula is C20H15ClN6O4. The van der Waals surface area contributed by atoms with Crippen molar-refractivity contribution in [1.82, 2.24) is 25.3 Å². The number of hydrogen-bond donors (Lipinski definition) is 4.